The summed E-state index contributed by atoms with van der Waals surface area (Å²) in [6.45, 7) is 17.1. The van der Waals surface area contributed by atoms with E-state index in [1.165, 1.54) is 33.4 Å². The van der Waals surface area contributed by atoms with E-state index < -0.39 is 0 Å². The first-order valence-electron chi connectivity index (χ1n) is 13.6. The zero-order chi connectivity index (χ0) is 25.1. The highest BCUT2D eigenvalue weighted by Gasteiger charge is 2.45. The van der Waals surface area contributed by atoms with Crippen molar-refractivity contribution in [1.29, 1.82) is 0 Å². The molecule has 0 aromatic heterocycles. The summed E-state index contributed by atoms with van der Waals surface area (Å²) in [4.78, 5) is 0. The lowest BCUT2D eigenvalue weighted by atomic mass is 9.72. The molecule has 0 N–H and O–H groups in total. The molecule has 2 unspecified atom stereocenters. The molecule has 2 aromatic rings. The fourth-order valence-corrected chi connectivity index (χ4v) is 5.17. The van der Waals surface area contributed by atoms with Crippen molar-refractivity contribution in [2.24, 2.45) is 0 Å². The molecule has 0 bridgehead atoms. The van der Waals surface area contributed by atoms with Gasteiger partial charge in [0.25, 0.3) is 0 Å². The Morgan fingerprint density at radius 2 is 1.11 bits per heavy atom. The van der Waals surface area contributed by atoms with Gasteiger partial charge in [-0.1, -0.05) is 64.1 Å². The lowest BCUT2D eigenvalue weighted by Crippen LogP contribution is -2.31. The predicted molar refractivity (Wildman–Crippen MR) is 142 cm³/mol. The lowest BCUT2D eigenvalue weighted by molar-refractivity contribution is 0.0578. The van der Waals surface area contributed by atoms with Crippen LogP contribution >= 0.6 is 0 Å². The first kappa shape index (κ1) is 26.3. The Balaban J connectivity index is 0.00000141. The van der Waals surface area contributed by atoms with Crippen LogP contribution in [0.4, 0.5) is 0 Å². The molecule has 1 aliphatic carbocycles. The smallest absolute Gasteiger partial charge is 0.112 e. The summed E-state index contributed by atoms with van der Waals surface area (Å²) in [5.74, 6) is 0. The van der Waals surface area contributed by atoms with Gasteiger partial charge in [0.15, 0.2) is 0 Å². The minimum absolute atomic E-state index is 0.0771. The molecule has 4 heteroatoms. The molecule has 5 rings (SSSR count). The van der Waals surface area contributed by atoms with Crippen molar-refractivity contribution < 1.29 is 18.9 Å². The van der Waals surface area contributed by atoms with Crippen molar-refractivity contribution in [3.63, 3.8) is 0 Å². The number of fused-ring (bicyclic) bond motifs is 3. The van der Waals surface area contributed by atoms with E-state index in [1.807, 2.05) is 13.8 Å². The second-order valence-electron chi connectivity index (χ2n) is 10.6. The minimum Gasteiger partial charge on any atom is -0.378 e. The van der Waals surface area contributed by atoms with Gasteiger partial charge in [0.05, 0.1) is 26.4 Å². The summed E-state index contributed by atoms with van der Waals surface area (Å²) in [5.41, 5.74) is 8.16. The van der Waals surface area contributed by atoms with Crippen LogP contribution in [0.25, 0.3) is 11.1 Å². The van der Waals surface area contributed by atoms with Crippen LogP contribution in [-0.2, 0) is 37.2 Å². The molecule has 35 heavy (non-hydrogen) atoms. The SMILES string of the molecule is CC.CCc1ccc2c(c1)C(CCOCC1(C)CO1)(CCOCC1(C)CO1)c1cc(CC)ccc1-2. The lowest BCUT2D eigenvalue weighted by Gasteiger charge is -2.33. The van der Waals surface area contributed by atoms with Crippen LogP contribution in [0.15, 0.2) is 36.4 Å². The average molecular weight is 481 g/mol. The van der Waals surface area contributed by atoms with Gasteiger partial charge in [-0.05, 0) is 72.9 Å². The van der Waals surface area contributed by atoms with Crippen molar-refractivity contribution in [3.05, 3.63) is 58.7 Å². The second kappa shape index (κ2) is 10.7. The normalized spacial score (nSPS) is 24.9. The number of epoxide rings is 2. The van der Waals surface area contributed by atoms with Gasteiger partial charge < -0.3 is 18.9 Å². The number of aryl methyl sites for hydroxylation is 2. The van der Waals surface area contributed by atoms with Crippen molar-refractivity contribution >= 4 is 0 Å². The van der Waals surface area contributed by atoms with Crippen LogP contribution in [0.3, 0.4) is 0 Å². The van der Waals surface area contributed by atoms with Gasteiger partial charge in [-0.2, -0.15) is 0 Å². The van der Waals surface area contributed by atoms with Gasteiger partial charge in [-0.15, -0.1) is 0 Å². The average Bonchev–Trinajstić information content (AvgIpc) is 3.80. The molecule has 0 amide bonds. The molecule has 2 atom stereocenters. The van der Waals surface area contributed by atoms with Crippen LogP contribution in [0.2, 0.25) is 0 Å². The van der Waals surface area contributed by atoms with Crippen LogP contribution in [0, 0.1) is 0 Å². The topological polar surface area (TPSA) is 43.5 Å². The molecule has 3 aliphatic rings. The van der Waals surface area contributed by atoms with Crippen molar-refractivity contribution in [2.75, 3.05) is 39.6 Å². The van der Waals surface area contributed by atoms with Crippen LogP contribution in [-0.4, -0.2) is 50.8 Å². The summed E-state index contributed by atoms with van der Waals surface area (Å²) in [7, 11) is 0. The Morgan fingerprint density at radius 1 is 0.714 bits per heavy atom. The zero-order valence-electron chi connectivity index (χ0n) is 22.7. The van der Waals surface area contributed by atoms with Crippen molar-refractivity contribution in [3.8, 4) is 11.1 Å². The molecule has 2 aliphatic heterocycles. The molecule has 0 radical (unpaired) electrons. The Kier molecular flexibility index (Phi) is 8.07. The van der Waals surface area contributed by atoms with Crippen LogP contribution < -0.4 is 0 Å². The molecule has 192 valence electrons. The molecule has 2 aromatic carbocycles. The maximum atomic E-state index is 6.18. The van der Waals surface area contributed by atoms with Crippen LogP contribution in [0.5, 0.6) is 0 Å². The van der Waals surface area contributed by atoms with Crippen molar-refractivity contribution in [1.82, 2.24) is 0 Å². The third-order valence-corrected chi connectivity index (χ3v) is 7.74. The third kappa shape index (κ3) is 5.67. The first-order chi connectivity index (χ1) is 16.9. The summed E-state index contributed by atoms with van der Waals surface area (Å²) in [6, 6.07) is 14.1. The zero-order valence-corrected chi connectivity index (χ0v) is 22.7. The Hall–Kier alpha value is -1.72. The van der Waals surface area contributed by atoms with Gasteiger partial charge in [0.2, 0.25) is 0 Å². The predicted octanol–water partition coefficient (Wildman–Crippen LogP) is 6.50. The first-order valence-corrected chi connectivity index (χ1v) is 13.6. The molecule has 2 fully saturated rings. The molecular weight excluding hydrogens is 436 g/mol. The highest BCUT2D eigenvalue weighted by Crippen LogP contribution is 2.53. The fourth-order valence-electron chi connectivity index (χ4n) is 5.17. The van der Waals surface area contributed by atoms with Crippen molar-refractivity contribution in [2.45, 2.75) is 83.8 Å². The molecule has 0 saturated carbocycles. The molecule has 2 heterocycles. The Labute approximate surface area is 212 Å². The maximum Gasteiger partial charge on any atom is 0.112 e. The summed E-state index contributed by atoms with van der Waals surface area (Å²) < 4.78 is 23.4. The van der Waals surface area contributed by atoms with E-state index in [0.717, 1.165) is 38.9 Å². The summed E-state index contributed by atoms with van der Waals surface area (Å²) >= 11 is 0. The van der Waals surface area contributed by atoms with Gasteiger partial charge in [0, 0.05) is 18.6 Å². The van der Waals surface area contributed by atoms with Gasteiger partial charge >= 0.3 is 0 Å². The number of hydrogen-bond donors (Lipinski definition) is 0. The highest BCUT2D eigenvalue weighted by atomic mass is 16.6. The van der Waals surface area contributed by atoms with E-state index in [1.54, 1.807) is 0 Å². The highest BCUT2D eigenvalue weighted by molar-refractivity contribution is 5.81. The van der Waals surface area contributed by atoms with Crippen LogP contribution in [0.1, 0.15) is 76.6 Å². The van der Waals surface area contributed by atoms with E-state index >= 15 is 0 Å². The fraction of sp³-hybridized carbons (Fsp3) is 0.613. The third-order valence-electron chi connectivity index (χ3n) is 7.74. The Bertz CT molecular complexity index is 922. The molecule has 2 saturated heterocycles. The standard InChI is InChI=1S/C29H38O4.C2H6/c1-5-21-7-9-23-24-10-8-22(6-2)16-26(24)29(25(23)15-21,11-13-30-17-27(3)19-32-27)12-14-31-18-28(4)20-33-28;1-2/h7-10,15-16H,5-6,11-14,17-20H2,1-4H3;1-2H3. The van der Waals surface area contributed by atoms with E-state index in [9.17, 15) is 0 Å². The quantitative estimate of drug-likeness (QED) is 0.257. The molecule has 4 nitrogen and oxygen atoms in total. The second-order valence-corrected chi connectivity index (χ2v) is 10.6. The van der Waals surface area contributed by atoms with E-state index in [-0.39, 0.29) is 16.6 Å². The van der Waals surface area contributed by atoms with Gasteiger partial charge in [0.1, 0.15) is 11.2 Å². The minimum atomic E-state index is -0.0996. The largest absolute Gasteiger partial charge is 0.378 e. The van der Waals surface area contributed by atoms with Gasteiger partial charge in [-0.25, -0.2) is 0 Å². The van der Waals surface area contributed by atoms with E-state index in [0.29, 0.717) is 26.4 Å². The number of ether oxygens (including phenoxy) is 4. The molecular formula is C31H44O4. The maximum absolute atomic E-state index is 6.18. The Morgan fingerprint density at radius 3 is 1.46 bits per heavy atom. The number of hydrogen-bond acceptors (Lipinski definition) is 4. The van der Waals surface area contributed by atoms with Gasteiger partial charge in [-0.3, -0.25) is 0 Å². The van der Waals surface area contributed by atoms with E-state index in [4.69, 9.17) is 18.9 Å². The monoisotopic (exact) mass is 480 g/mol. The van der Waals surface area contributed by atoms with E-state index in [2.05, 4.69) is 64.1 Å². The molecule has 0 spiro atoms. The number of rotatable bonds is 12. The number of benzene rings is 2. The summed E-state index contributed by atoms with van der Waals surface area (Å²) in [6.07, 6.45) is 3.97. The summed E-state index contributed by atoms with van der Waals surface area (Å²) in [5, 5.41) is 0.